The molecule has 0 bridgehead atoms. The van der Waals surface area contributed by atoms with Crippen molar-refractivity contribution in [1.82, 2.24) is 9.80 Å². The molecule has 1 unspecified atom stereocenters. The van der Waals surface area contributed by atoms with E-state index in [2.05, 4.69) is 0 Å². The van der Waals surface area contributed by atoms with Crippen molar-refractivity contribution < 1.29 is 9.59 Å². The second-order valence-electron chi connectivity index (χ2n) is 5.04. The molecule has 1 saturated heterocycles. The highest BCUT2D eigenvalue weighted by Gasteiger charge is 2.25. The van der Waals surface area contributed by atoms with Crippen LogP contribution >= 0.6 is 12.4 Å². The van der Waals surface area contributed by atoms with Gasteiger partial charge in [0.2, 0.25) is 11.8 Å². The molecule has 18 heavy (non-hydrogen) atoms. The maximum absolute atomic E-state index is 11.8. The molecule has 1 aliphatic heterocycles. The number of rotatable bonds is 3. The smallest absolute Gasteiger partial charge is 0.225 e. The molecule has 1 heterocycles. The number of halogens is 1. The number of amides is 2. The fourth-order valence-corrected chi connectivity index (χ4v) is 1.95. The van der Waals surface area contributed by atoms with Crippen LogP contribution in [0.2, 0.25) is 0 Å². The van der Waals surface area contributed by atoms with Crippen molar-refractivity contribution in [2.45, 2.75) is 33.2 Å². The van der Waals surface area contributed by atoms with E-state index in [9.17, 15) is 9.59 Å². The van der Waals surface area contributed by atoms with Crippen LogP contribution in [0.4, 0.5) is 0 Å². The third kappa shape index (κ3) is 4.82. The van der Waals surface area contributed by atoms with Gasteiger partial charge in [0.15, 0.2) is 0 Å². The van der Waals surface area contributed by atoms with Gasteiger partial charge in [0.25, 0.3) is 0 Å². The predicted molar refractivity (Wildman–Crippen MR) is 73.5 cm³/mol. The molecule has 0 aliphatic carbocycles. The molecule has 0 radical (unpaired) electrons. The molecule has 1 atom stereocenters. The normalized spacial score (nSPS) is 17.4. The van der Waals surface area contributed by atoms with E-state index in [0.717, 1.165) is 0 Å². The van der Waals surface area contributed by atoms with Crippen molar-refractivity contribution in [3.8, 4) is 0 Å². The van der Waals surface area contributed by atoms with Crippen molar-refractivity contribution in [2.24, 2.45) is 11.7 Å². The molecule has 0 aromatic rings. The summed E-state index contributed by atoms with van der Waals surface area (Å²) < 4.78 is 0. The number of nitrogens with two attached hydrogens (primary N) is 1. The largest absolute Gasteiger partial charge is 0.339 e. The van der Waals surface area contributed by atoms with Crippen molar-refractivity contribution >= 4 is 24.2 Å². The molecule has 0 saturated carbocycles. The molecule has 106 valence electrons. The average molecular weight is 278 g/mol. The minimum atomic E-state index is -0.0992. The van der Waals surface area contributed by atoms with Crippen LogP contribution in [0.3, 0.4) is 0 Å². The first kappa shape index (κ1) is 17.2. The van der Waals surface area contributed by atoms with Crippen LogP contribution in [-0.4, -0.2) is 53.8 Å². The zero-order valence-electron chi connectivity index (χ0n) is 11.4. The first-order valence-electron chi connectivity index (χ1n) is 6.24. The van der Waals surface area contributed by atoms with Crippen molar-refractivity contribution in [1.29, 1.82) is 0 Å². The van der Waals surface area contributed by atoms with E-state index in [0.29, 0.717) is 32.6 Å². The summed E-state index contributed by atoms with van der Waals surface area (Å²) in [6.07, 6.45) is 0.387. The SMILES string of the molecule is CC(N)CC(=O)N1CCN(C(=O)C(C)C)CC1.Cl. The minimum Gasteiger partial charge on any atom is -0.339 e. The Morgan fingerprint density at radius 2 is 1.50 bits per heavy atom. The Labute approximate surface area is 115 Å². The van der Waals surface area contributed by atoms with Gasteiger partial charge in [-0.25, -0.2) is 0 Å². The fraction of sp³-hybridized carbons (Fsp3) is 0.833. The fourth-order valence-electron chi connectivity index (χ4n) is 1.95. The number of carbonyl (C=O) groups is 2. The molecule has 6 heteroatoms. The molecule has 0 aromatic carbocycles. The molecule has 5 nitrogen and oxygen atoms in total. The summed E-state index contributed by atoms with van der Waals surface area (Å²) in [5, 5.41) is 0. The lowest BCUT2D eigenvalue weighted by Gasteiger charge is -2.35. The van der Waals surface area contributed by atoms with Crippen LogP contribution < -0.4 is 5.73 Å². The second kappa shape index (κ2) is 7.59. The third-order valence-electron chi connectivity index (χ3n) is 2.93. The zero-order chi connectivity index (χ0) is 13.0. The van der Waals surface area contributed by atoms with E-state index in [4.69, 9.17) is 5.73 Å². The summed E-state index contributed by atoms with van der Waals surface area (Å²) >= 11 is 0. The molecular formula is C12H24ClN3O2. The Morgan fingerprint density at radius 3 is 1.89 bits per heavy atom. The zero-order valence-corrected chi connectivity index (χ0v) is 12.2. The molecule has 1 fully saturated rings. The Morgan fingerprint density at radius 1 is 1.06 bits per heavy atom. The predicted octanol–water partition coefficient (Wildman–Crippen LogP) is 0.472. The number of hydrogen-bond donors (Lipinski definition) is 1. The van der Waals surface area contributed by atoms with E-state index in [1.54, 1.807) is 4.90 Å². The third-order valence-corrected chi connectivity index (χ3v) is 2.93. The van der Waals surface area contributed by atoms with Gasteiger partial charge in [-0.3, -0.25) is 9.59 Å². The van der Waals surface area contributed by atoms with Gasteiger partial charge in [-0.2, -0.15) is 0 Å². The maximum Gasteiger partial charge on any atom is 0.225 e. The number of carbonyl (C=O) groups excluding carboxylic acids is 2. The van der Waals surface area contributed by atoms with Crippen LogP contribution in [0.5, 0.6) is 0 Å². The molecule has 0 aromatic heterocycles. The lowest BCUT2D eigenvalue weighted by Crippen LogP contribution is -2.52. The minimum absolute atomic E-state index is 0. The monoisotopic (exact) mass is 277 g/mol. The molecule has 1 aliphatic rings. The Hall–Kier alpha value is -0.810. The summed E-state index contributed by atoms with van der Waals surface area (Å²) in [5.41, 5.74) is 5.60. The molecular weight excluding hydrogens is 254 g/mol. The second-order valence-corrected chi connectivity index (χ2v) is 5.04. The molecule has 2 N–H and O–H groups in total. The van der Waals surface area contributed by atoms with Gasteiger partial charge >= 0.3 is 0 Å². The van der Waals surface area contributed by atoms with Crippen LogP contribution in [-0.2, 0) is 9.59 Å². The van der Waals surface area contributed by atoms with E-state index >= 15 is 0 Å². The highest BCUT2D eigenvalue weighted by molar-refractivity contribution is 5.85. The number of piperazine rings is 1. The topological polar surface area (TPSA) is 66.6 Å². The van der Waals surface area contributed by atoms with Crippen LogP contribution in [0, 0.1) is 5.92 Å². The molecule has 1 rings (SSSR count). The highest BCUT2D eigenvalue weighted by atomic mass is 35.5. The van der Waals surface area contributed by atoms with Gasteiger partial charge in [0.1, 0.15) is 0 Å². The van der Waals surface area contributed by atoms with Gasteiger partial charge in [0, 0.05) is 44.6 Å². The lowest BCUT2D eigenvalue weighted by molar-refractivity contribution is -0.141. The molecule has 2 amide bonds. The molecule has 0 spiro atoms. The Bertz CT molecular complexity index is 287. The summed E-state index contributed by atoms with van der Waals surface area (Å²) in [5.74, 6) is 0.294. The highest BCUT2D eigenvalue weighted by Crippen LogP contribution is 2.08. The van der Waals surface area contributed by atoms with E-state index in [1.807, 2.05) is 25.7 Å². The quantitative estimate of drug-likeness (QED) is 0.816. The number of hydrogen-bond acceptors (Lipinski definition) is 3. The Kier molecular flexibility index (Phi) is 7.25. The first-order valence-corrected chi connectivity index (χ1v) is 6.24. The van der Waals surface area contributed by atoms with E-state index < -0.39 is 0 Å². The van der Waals surface area contributed by atoms with E-state index in [1.165, 1.54) is 0 Å². The van der Waals surface area contributed by atoms with Crippen LogP contribution in [0.1, 0.15) is 27.2 Å². The van der Waals surface area contributed by atoms with Gasteiger partial charge < -0.3 is 15.5 Å². The standard InChI is InChI=1S/C12H23N3O2.ClH/c1-9(2)12(17)15-6-4-14(5-7-15)11(16)8-10(3)13;/h9-10H,4-8,13H2,1-3H3;1H. The van der Waals surface area contributed by atoms with Gasteiger partial charge in [0.05, 0.1) is 0 Å². The van der Waals surface area contributed by atoms with Gasteiger partial charge in [-0.1, -0.05) is 13.8 Å². The van der Waals surface area contributed by atoms with Crippen LogP contribution in [0.25, 0.3) is 0 Å². The van der Waals surface area contributed by atoms with Crippen molar-refractivity contribution in [2.75, 3.05) is 26.2 Å². The van der Waals surface area contributed by atoms with Gasteiger partial charge in [-0.05, 0) is 6.92 Å². The lowest BCUT2D eigenvalue weighted by atomic mass is 10.1. The van der Waals surface area contributed by atoms with Crippen molar-refractivity contribution in [3.05, 3.63) is 0 Å². The maximum atomic E-state index is 11.8. The summed E-state index contributed by atoms with van der Waals surface area (Å²) in [6.45, 7) is 8.17. The number of nitrogens with zero attached hydrogens (tertiary/aromatic N) is 2. The summed E-state index contributed by atoms with van der Waals surface area (Å²) in [7, 11) is 0. The van der Waals surface area contributed by atoms with Gasteiger partial charge in [-0.15, -0.1) is 12.4 Å². The van der Waals surface area contributed by atoms with E-state index in [-0.39, 0.29) is 36.2 Å². The summed E-state index contributed by atoms with van der Waals surface area (Å²) in [4.78, 5) is 27.1. The Balaban J connectivity index is 0.00000289. The average Bonchev–Trinajstić information content (AvgIpc) is 2.27. The first-order chi connectivity index (χ1) is 7.91. The van der Waals surface area contributed by atoms with Crippen molar-refractivity contribution in [3.63, 3.8) is 0 Å². The van der Waals surface area contributed by atoms with Crippen LogP contribution in [0.15, 0.2) is 0 Å². The summed E-state index contributed by atoms with van der Waals surface area (Å²) in [6, 6.07) is -0.0992.